The lowest BCUT2D eigenvalue weighted by Crippen LogP contribution is -2.25. The highest BCUT2D eigenvalue weighted by Gasteiger charge is 2.21. The monoisotopic (exact) mass is 332 g/mol. The van der Waals surface area contributed by atoms with Crippen LogP contribution in [-0.2, 0) is 4.79 Å². The Labute approximate surface area is 134 Å². The minimum Gasteiger partial charge on any atom is -0.480 e. The van der Waals surface area contributed by atoms with E-state index in [0.29, 0.717) is 16.5 Å². The Balaban J connectivity index is 1.85. The SMILES string of the molecule is O=C1COc2c(Cl)cc(-n3ccnc3-c3cnsc3)cc2N1. The summed E-state index contributed by atoms with van der Waals surface area (Å²) in [6.07, 6.45) is 5.29. The van der Waals surface area contributed by atoms with Crippen LogP contribution in [0.5, 0.6) is 5.75 Å². The molecular formula is C14H9ClN4O2S. The maximum atomic E-state index is 11.5. The smallest absolute Gasteiger partial charge is 0.262 e. The molecule has 1 N–H and O–H groups in total. The van der Waals surface area contributed by atoms with E-state index >= 15 is 0 Å². The third kappa shape index (κ3) is 2.15. The Morgan fingerprint density at radius 3 is 3.14 bits per heavy atom. The highest BCUT2D eigenvalue weighted by molar-refractivity contribution is 7.03. The van der Waals surface area contributed by atoms with Gasteiger partial charge >= 0.3 is 0 Å². The van der Waals surface area contributed by atoms with Gasteiger partial charge in [-0.05, 0) is 23.7 Å². The molecule has 0 bridgehead atoms. The summed E-state index contributed by atoms with van der Waals surface area (Å²) in [6, 6.07) is 3.59. The van der Waals surface area contributed by atoms with E-state index < -0.39 is 0 Å². The zero-order valence-corrected chi connectivity index (χ0v) is 12.7. The molecular weight excluding hydrogens is 324 g/mol. The second-order valence-corrected chi connectivity index (χ2v) is 5.74. The minimum atomic E-state index is -0.200. The third-order valence-electron chi connectivity index (χ3n) is 3.26. The standard InChI is InChI=1S/C14H9ClN4O2S/c15-10-3-9(4-11-13(10)21-6-12(20)18-11)19-2-1-16-14(19)8-5-17-22-7-8/h1-5,7H,6H2,(H,18,20). The molecule has 1 aromatic carbocycles. The predicted molar refractivity (Wildman–Crippen MR) is 83.8 cm³/mol. The molecule has 0 aliphatic carbocycles. The van der Waals surface area contributed by atoms with E-state index in [1.54, 1.807) is 18.5 Å². The van der Waals surface area contributed by atoms with Crippen LogP contribution in [0.3, 0.4) is 0 Å². The number of nitrogens with one attached hydrogen (secondary N) is 1. The Bertz CT molecular complexity index is 860. The first-order valence-electron chi connectivity index (χ1n) is 6.42. The molecule has 6 nitrogen and oxygen atoms in total. The van der Waals surface area contributed by atoms with E-state index in [-0.39, 0.29) is 12.5 Å². The first kappa shape index (κ1) is 13.3. The lowest BCUT2D eigenvalue weighted by molar-refractivity contribution is -0.118. The van der Waals surface area contributed by atoms with Gasteiger partial charge in [0.2, 0.25) is 0 Å². The Morgan fingerprint density at radius 2 is 2.32 bits per heavy atom. The molecule has 0 fully saturated rings. The van der Waals surface area contributed by atoms with Crippen molar-refractivity contribution in [1.82, 2.24) is 13.9 Å². The number of ether oxygens (including phenoxy) is 1. The summed E-state index contributed by atoms with van der Waals surface area (Å²) in [5.41, 5.74) is 2.26. The number of amides is 1. The van der Waals surface area contributed by atoms with Gasteiger partial charge in [-0.1, -0.05) is 11.6 Å². The van der Waals surface area contributed by atoms with Crippen molar-refractivity contribution in [2.75, 3.05) is 11.9 Å². The summed E-state index contributed by atoms with van der Waals surface area (Å²) >= 11 is 7.63. The number of nitrogens with zero attached hydrogens (tertiary/aromatic N) is 3. The number of hydrogen-bond donors (Lipinski definition) is 1. The van der Waals surface area contributed by atoms with Crippen LogP contribution < -0.4 is 10.1 Å². The van der Waals surface area contributed by atoms with Crippen LogP contribution >= 0.6 is 23.1 Å². The lowest BCUT2D eigenvalue weighted by atomic mass is 10.2. The second-order valence-electron chi connectivity index (χ2n) is 4.68. The van der Waals surface area contributed by atoms with Crippen molar-refractivity contribution in [1.29, 1.82) is 0 Å². The topological polar surface area (TPSA) is 69.0 Å². The van der Waals surface area contributed by atoms with E-state index in [9.17, 15) is 4.79 Å². The van der Waals surface area contributed by atoms with Gasteiger partial charge in [0.25, 0.3) is 5.91 Å². The summed E-state index contributed by atoms with van der Waals surface area (Å²) < 4.78 is 11.3. The number of carbonyl (C=O) groups excluding carboxylic acids is 1. The van der Waals surface area contributed by atoms with Crippen molar-refractivity contribution in [3.63, 3.8) is 0 Å². The van der Waals surface area contributed by atoms with Gasteiger partial charge in [0.1, 0.15) is 5.82 Å². The number of carbonyl (C=O) groups is 1. The lowest BCUT2D eigenvalue weighted by Gasteiger charge is -2.20. The summed E-state index contributed by atoms with van der Waals surface area (Å²) in [5, 5.41) is 5.13. The van der Waals surface area contributed by atoms with E-state index in [1.165, 1.54) is 11.5 Å². The number of hydrogen-bond acceptors (Lipinski definition) is 5. The Hall–Kier alpha value is -2.38. The van der Waals surface area contributed by atoms with Gasteiger partial charge in [0.05, 0.1) is 22.6 Å². The van der Waals surface area contributed by atoms with Crippen LogP contribution in [0.2, 0.25) is 5.02 Å². The van der Waals surface area contributed by atoms with Crippen molar-refractivity contribution in [3.05, 3.63) is 41.1 Å². The fourth-order valence-electron chi connectivity index (χ4n) is 2.32. The molecule has 8 heteroatoms. The van der Waals surface area contributed by atoms with E-state index in [4.69, 9.17) is 16.3 Å². The number of aromatic nitrogens is 3. The van der Waals surface area contributed by atoms with Gasteiger partial charge in [-0.25, -0.2) is 9.36 Å². The van der Waals surface area contributed by atoms with Crippen LogP contribution in [0.15, 0.2) is 36.1 Å². The first-order valence-corrected chi connectivity index (χ1v) is 7.63. The molecule has 1 aliphatic rings. The van der Waals surface area contributed by atoms with Gasteiger partial charge in [-0.15, -0.1) is 0 Å². The second kappa shape index (κ2) is 5.11. The van der Waals surface area contributed by atoms with Gasteiger partial charge < -0.3 is 10.1 Å². The molecule has 2 aromatic heterocycles. The van der Waals surface area contributed by atoms with Crippen LogP contribution in [0, 0.1) is 0 Å². The molecule has 0 radical (unpaired) electrons. The number of fused-ring (bicyclic) bond motifs is 1. The normalized spacial score (nSPS) is 13.4. The average molecular weight is 333 g/mol. The maximum Gasteiger partial charge on any atom is 0.262 e. The number of benzene rings is 1. The molecule has 22 heavy (non-hydrogen) atoms. The maximum absolute atomic E-state index is 11.5. The third-order valence-corrected chi connectivity index (χ3v) is 4.13. The summed E-state index contributed by atoms with van der Waals surface area (Å²) in [7, 11) is 0. The highest BCUT2D eigenvalue weighted by atomic mass is 35.5. The van der Waals surface area contributed by atoms with E-state index in [1.807, 2.05) is 22.2 Å². The molecule has 0 saturated heterocycles. The van der Waals surface area contributed by atoms with Crippen LogP contribution in [0.4, 0.5) is 5.69 Å². The zero-order valence-electron chi connectivity index (χ0n) is 11.1. The molecule has 3 heterocycles. The largest absolute Gasteiger partial charge is 0.480 e. The molecule has 110 valence electrons. The van der Waals surface area contributed by atoms with Crippen molar-refractivity contribution in [3.8, 4) is 22.8 Å². The Kier molecular flexibility index (Phi) is 3.09. The van der Waals surface area contributed by atoms with Gasteiger partial charge in [-0.3, -0.25) is 9.36 Å². The van der Waals surface area contributed by atoms with Crippen LogP contribution in [0.1, 0.15) is 0 Å². The molecule has 1 aliphatic heterocycles. The van der Waals surface area contributed by atoms with Crippen LogP contribution in [-0.4, -0.2) is 26.4 Å². The summed E-state index contributed by atoms with van der Waals surface area (Å²) in [5.74, 6) is 1.05. The summed E-state index contributed by atoms with van der Waals surface area (Å²) in [4.78, 5) is 15.8. The minimum absolute atomic E-state index is 0.0248. The molecule has 0 atom stereocenters. The van der Waals surface area contributed by atoms with Gasteiger partial charge in [-0.2, -0.15) is 0 Å². The number of imidazole rings is 1. The quantitative estimate of drug-likeness (QED) is 0.783. The Morgan fingerprint density at radius 1 is 1.41 bits per heavy atom. The van der Waals surface area contributed by atoms with Crippen molar-refractivity contribution < 1.29 is 9.53 Å². The number of rotatable bonds is 2. The zero-order chi connectivity index (χ0) is 15.1. The molecule has 0 unspecified atom stereocenters. The fraction of sp³-hybridized carbons (Fsp3) is 0.0714. The summed E-state index contributed by atoms with van der Waals surface area (Å²) in [6.45, 7) is -0.0248. The van der Waals surface area contributed by atoms with Gasteiger partial charge in [0.15, 0.2) is 12.4 Å². The van der Waals surface area contributed by atoms with Gasteiger partial charge in [0, 0.05) is 23.3 Å². The highest BCUT2D eigenvalue weighted by Crippen LogP contribution is 2.38. The number of halogens is 1. The molecule has 3 aromatic rings. The van der Waals surface area contributed by atoms with Crippen LogP contribution in [0.25, 0.3) is 17.1 Å². The molecule has 4 rings (SSSR count). The molecule has 1 amide bonds. The fourth-order valence-corrected chi connectivity index (χ4v) is 3.11. The van der Waals surface area contributed by atoms with Crippen molar-refractivity contribution >= 4 is 34.7 Å². The van der Waals surface area contributed by atoms with E-state index in [2.05, 4.69) is 14.7 Å². The first-order chi connectivity index (χ1) is 10.7. The van der Waals surface area contributed by atoms with E-state index in [0.717, 1.165) is 17.1 Å². The predicted octanol–water partition coefficient (Wildman–Crippen LogP) is 2.98. The molecule has 0 saturated carbocycles. The molecule has 0 spiro atoms. The van der Waals surface area contributed by atoms with Crippen molar-refractivity contribution in [2.24, 2.45) is 0 Å². The average Bonchev–Trinajstić information content (AvgIpc) is 3.17. The number of anilines is 1. The van der Waals surface area contributed by atoms with Crippen molar-refractivity contribution in [2.45, 2.75) is 0 Å².